The molecule has 0 radical (unpaired) electrons. The first kappa shape index (κ1) is 17.9. The van der Waals surface area contributed by atoms with Gasteiger partial charge in [-0.2, -0.15) is 0 Å². The summed E-state index contributed by atoms with van der Waals surface area (Å²) < 4.78 is 32.1. The van der Waals surface area contributed by atoms with Crippen LogP contribution in [0.15, 0.2) is 34.2 Å². The van der Waals surface area contributed by atoms with Crippen LogP contribution in [0.25, 0.3) is 0 Å². The average molecular weight is 365 g/mol. The van der Waals surface area contributed by atoms with Gasteiger partial charge in [-0.25, -0.2) is 8.42 Å². The van der Waals surface area contributed by atoms with Gasteiger partial charge in [0.25, 0.3) is 10.0 Å². The fourth-order valence-electron chi connectivity index (χ4n) is 3.21. The topological polar surface area (TPSA) is 88.1 Å². The summed E-state index contributed by atoms with van der Waals surface area (Å²) in [5.74, 6) is 0.450. The number of nitrogens with one attached hydrogen (secondary N) is 1. The van der Waals surface area contributed by atoms with Crippen molar-refractivity contribution >= 4 is 21.8 Å². The minimum Gasteiger partial charge on any atom is -0.372 e. The third kappa shape index (κ3) is 4.01. The Morgan fingerprint density at radius 3 is 2.68 bits per heavy atom. The predicted octanol–water partition coefficient (Wildman–Crippen LogP) is 1.14. The second-order valence-corrected chi connectivity index (χ2v) is 8.14. The van der Waals surface area contributed by atoms with Crippen molar-refractivity contribution in [3.05, 3.63) is 29.8 Å². The third-order valence-corrected chi connectivity index (χ3v) is 5.65. The van der Waals surface area contributed by atoms with E-state index < -0.39 is 10.0 Å². The minimum atomic E-state index is -3.51. The van der Waals surface area contributed by atoms with Crippen molar-refractivity contribution < 1.29 is 17.9 Å². The van der Waals surface area contributed by atoms with Gasteiger partial charge in [-0.3, -0.25) is 14.5 Å². The van der Waals surface area contributed by atoms with Gasteiger partial charge < -0.3 is 9.64 Å². The fourth-order valence-corrected chi connectivity index (χ4v) is 4.46. The van der Waals surface area contributed by atoms with Crippen molar-refractivity contribution in [3.63, 3.8) is 0 Å². The van der Waals surface area contributed by atoms with Gasteiger partial charge in [-0.1, -0.05) is 12.1 Å². The largest absolute Gasteiger partial charge is 0.372 e. The molecule has 136 valence electrons. The van der Waals surface area contributed by atoms with Crippen LogP contribution in [0.3, 0.4) is 0 Å². The fraction of sp³-hybridized carbons (Fsp3) is 0.529. The zero-order valence-electron chi connectivity index (χ0n) is 14.4. The third-order valence-electron chi connectivity index (χ3n) is 4.25. The number of hydrogen-bond acceptors (Lipinski definition) is 5. The highest BCUT2D eigenvalue weighted by Crippen LogP contribution is 2.22. The number of carbonyl (C=O) groups is 1. The number of sulfonamides is 1. The van der Waals surface area contributed by atoms with Crippen molar-refractivity contribution in [1.82, 2.24) is 9.62 Å². The van der Waals surface area contributed by atoms with Gasteiger partial charge in [0, 0.05) is 31.6 Å². The van der Waals surface area contributed by atoms with Crippen LogP contribution in [0.2, 0.25) is 0 Å². The van der Waals surface area contributed by atoms with E-state index >= 15 is 0 Å². The zero-order valence-corrected chi connectivity index (χ0v) is 15.3. The number of rotatable bonds is 4. The molecule has 0 unspecified atom stereocenters. The normalized spacial score (nSPS) is 26.3. The Kier molecular flexibility index (Phi) is 5.10. The van der Waals surface area contributed by atoms with Crippen LogP contribution in [0.5, 0.6) is 0 Å². The maximum absolute atomic E-state index is 12.3. The molecule has 1 fully saturated rings. The number of benzene rings is 1. The van der Waals surface area contributed by atoms with E-state index in [1.165, 1.54) is 0 Å². The number of hydrogen-bond donors (Lipinski definition) is 1. The molecule has 1 aromatic carbocycles. The van der Waals surface area contributed by atoms with E-state index in [9.17, 15) is 13.2 Å². The maximum Gasteiger partial charge on any atom is 0.263 e. The average Bonchev–Trinajstić information content (AvgIpc) is 2.82. The Morgan fingerprint density at radius 2 is 1.96 bits per heavy atom. The lowest BCUT2D eigenvalue weighted by molar-refractivity contribution is -0.143. The molecule has 0 bridgehead atoms. The maximum atomic E-state index is 12.3. The first-order valence-corrected chi connectivity index (χ1v) is 9.95. The van der Waals surface area contributed by atoms with E-state index in [2.05, 4.69) is 9.71 Å². The number of morpholine rings is 1. The summed E-state index contributed by atoms with van der Waals surface area (Å²) in [7, 11) is -3.51. The molecule has 1 N–H and O–H groups in total. The molecule has 7 nitrogen and oxygen atoms in total. The second kappa shape index (κ2) is 7.13. The van der Waals surface area contributed by atoms with E-state index in [0.29, 0.717) is 43.9 Å². The SMILES string of the molecule is C[C@@H]1CN(C(=O)CCCN=C2NS(=O)(=O)c3ccccc32)C[C@H](C)O1. The molecule has 25 heavy (non-hydrogen) atoms. The standard InChI is InChI=1S/C17H23N3O4S/c1-12-10-20(11-13(2)24-12)16(21)8-5-9-18-17-14-6-3-4-7-15(14)25(22,23)19-17/h3-4,6-7,12-13H,5,8-11H2,1-2H3,(H,18,19)/t12-,13+. The van der Waals surface area contributed by atoms with Gasteiger partial charge in [-0.15, -0.1) is 0 Å². The number of amidine groups is 1. The van der Waals surface area contributed by atoms with Crippen LogP contribution in [-0.4, -0.2) is 56.9 Å². The highest BCUT2D eigenvalue weighted by atomic mass is 32.2. The summed E-state index contributed by atoms with van der Waals surface area (Å²) in [5, 5.41) is 0. The highest BCUT2D eigenvalue weighted by molar-refractivity contribution is 7.90. The van der Waals surface area contributed by atoms with Gasteiger partial charge in [-0.05, 0) is 32.4 Å². The lowest BCUT2D eigenvalue weighted by Crippen LogP contribution is -2.48. The van der Waals surface area contributed by atoms with E-state index in [4.69, 9.17) is 4.74 Å². The lowest BCUT2D eigenvalue weighted by Gasteiger charge is -2.35. The zero-order chi connectivity index (χ0) is 18.0. The molecule has 0 spiro atoms. The molecule has 2 aliphatic rings. The van der Waals surface area contributed by atoms with Crippen LogP contribution in [0, 0.1) is 0 Å². The van der Waals surface area contributed by atoms with Crippen LogP contribution in [-0.2, 0) is 19.6 Å². The molecule has 1 aromatic rings. The Hall–Kier alpha value is -1.93. The van der Waals surface area contributed by atoms with Gasteiger partial charge in [0.1, 0.15) is 5.84 Å². The Balaban J connectivity index is 1.55. The molecule has 2 aliphatic heterocycles. The summed E-state index contributed by atoms with van der Waals surface area (Å²) in [4.78, 5) is 18.7. The number of amides is 1. The molecule has 2 heterocycles. The van der Waals surface area contributed by atoms with E-state index in [0.717, 1.165) is 0 Å². The Bertz CT molecular complexity index is 781. The predicted molar refractivity (Wildman–Crippen MR) is 94.0 cm³/mol. The molecule has 1 amide bonds. The van der Waals surface area contributed by atoms with Gasteiger partial charge in [0.2, 0.25) is 5.91 Å². The van der Waals surface area contributed by atoms with Crippen molar-refractivity contribution in [2.24, 2.45) is 4.99 Å². The summed E-state index contributed by atoms with van der Waals surface area (Å²) in [6, 6.07) is 6.75. The molecular weight excluding hydrogens is 342 g/mol. The molecule has 0 aliphatic carbocycles. The van der Waals surface area contributed by atoms with Crippen LogP contribution >= 0.6 is 0 Å². The van der Waals surface area contributed by atoms with Crippen molar-refractivity contribution in [2.45, 2.75) is 43.8 Å². The van der Waals surface area contributed by atoms with Gasteiger partial charge in [0.15, 0.2) is 0 Å². The van der Waals surface area contributed by atoms with Crippen LogP contribution < -0.4 is 4.72 Å². The number of nitrogens with zero attached hydrogens (tertiary/aromatic N) is 2. The number of carbonyl (C=O) groups excluding carboxylic acids is 1. The van der Waals surface area contributed by atoms with Gasteiger partial charge in [0.05, 0.1) is 17.1 Å². The molecule has 1 saturated heterocycles. The molecule has 8 heteroatoms. The second-order valence-electron chi connectivity index (χ2n) is 6.49. The van der Waals surface area contributed by atoms with Crippen molar-refractivity contribution in [1.29, 1.82) is 0 Å². The van der Waals surface area contributed by atoms with Crippen molar-refractivity contribution in [3.8, 4) is 0 Å². The number of aliphatic imine (C=N–C) groups is 1. The summed E-state index contributed by atoms with van der Waals surface area (Å²) in [6.07, 6.45) is 1.08. The smallest absolute Gasteiger partial charge is 0.263 e. The highest BCUT2D eigenvalue weighted by Gasteiger charge is 2.30. The first-order chi connectivity index (χ1) is 11.9. The first-order valence-electron chi connectivity index (χ1n) is 8.47. The Labute approximate surface area is 148 Å². The van der Waals surface area contributed by atoms with Crippen LogP contribution in [0.4, 0.5) is 0 Å². The number of ether oxygens (including phenoxy) is 1. The molecule has 0 aromatic heterocycles. The molecule has 3 rings (SSSR count). The molecule has 0 saturated carbocycles. The van der Waals surface area contributed by atoms with E-state index in [1.54, 1.807) is 24.3 Å². The summed E-state index contributed by atoms with van der Waals surface area (Å²) in [5.41, 5.74) is 0.588. The minimum absolute atomic E-state index is 0.0531. The summed E-state index contributed by atoms with van der Waals surface area (Å²) >= 11 is 0. The van der Waals surface area contributed by atoms with Crippen LogP contribution in [0.1, 0.15) is 32.3 Å². The monoisotopic (exact) mass is 365 g/mol. The van der Waals surface area contributed by atoms with Crippen molar-refractivity contribution in [2.75, 3.05) is 19.6 Å². The quantitative estimate of drug-likeness (QED) is 0.811. The van der Waals surface area contributed by atoms with E-state index in [-0.39, 0.29) is 23.0 Å². The Morgan fingerprint density at radius 1 is 1.28 bits per heavy atom. The van der Waals surface area contributed by atoms with Gasteiger partial charge >= 0.3 is 0 Å². The number of fused-ring (bicyclic) bond motifs is 1. The van der Waals surface area contributed by atoms with E-state index in [1.807, 2.05) is 18.7 Å². The molecule has 2 atom stereocenters. The summed E-state index contributed by atoms with van der Waals surface area (Å²) in [6.45, 7) is 5.56. The lowest BCUT2D eigenvalue weighted by atomic mass is 10.2. The molecular formula is C17H23N3O4S.